The molecule has 6 heteroatoms. The topological polar surface area (TPSA) is 63.7 Å². The summed E-state index contributed by atoms with van der Waals surface area (Å²) in [6.07, 6.45) is 8.45. The van der Waals surface area contributed by atoms with Gasteiger partial charge in [0.2, 0.25) is 10.0 Å². The number of carbonyl (C=O) groups is 1. The van der Waals surface area contributed by atoms with Crippen LogP contribution >= 0.6 is 0 Å². The zero-order valence-electron chi connectivity index (χ0n) is 15.0. The van der Waals surface area contributed by atoms with Gasteiger partial charge < -0.3 is 4.74 Å². The molecule has 5 nitrogen and oxygen atoms in total. The largest absolute Gasteiger partial charge is 0.461 e. The minimum atomic E-state index is -3.68. The Bertz CT molecular complexity index is 815. The van der Waals surface area contributed by atoms with Crippen LogP contribution in [0.4, 0.5) is 0 Å². The second-order valence-electron chi connectivity index (χ2n) is 7.64. The first-order valence-corrected chi connectivity index (χ1v) is 10.9. The minimum Gasteiger partial charge on any atom is -0.461 e. The molecule has 26 heavy (non-hydrogen) atoms. The van der Waals surface area contributed by atoms with Gasteiger partial charge in [-0.15, -0.1) is 0 Å². The second-order valence-corrected chi connectivity index (χ2v) is 9.53. The number of hydrogen-bond acceptors (Lipinski definition) is 4. The molecular weight excluding hydrogens is 350 g/mol. The lowest BCUT2D eigenvalue weighted by molar-refractivity contribution is -0.154. The number of carbonyl (C=O) groups excluding carboxylic acids is 1. The van der Waals surface area contributed by atoms with Crippen LogP contribution in [0.2, 0.25) is 0 Å². The van der Waals surface area contributed by atoms with Crippen LogP contribution in [-0.4, -0.2) is 37.4 Å². The zero-order valence-corrected chi connectivity index (χ0v) is 15.8. The molecule has 0 amide bonds. The highest BCUT2D eigenvalue weighted by Crippen LogP contribution is 2.41. The van der Waals surface area contributed by atoms with Gasteiger partial charge in [-0.3, -0.25) is 4.79 Å². The molecule has 1 aliphatic heterocycles. The number of fused-ring (bicyclic) bond motifs is 1. The van der Waals surface area contributed by atoms with Crippen molar-refractivity contribution in [1.29, 1.82) is 0 Å². The summed E-state index contributed by atoms with van der Waals surface area (Å²) in [5.74, 6) is 0.510. The summed E-state index contributed by atoms with van der Waals surface area (Å²) in [5, 5.41) is 0. The molecule has 1 heterocycles. The first-order chi connectivity index (χ1) is 12.5. The maximum absolute atomic E-state index is 13.0. The summed E-state index contributed by atoms with van der Waals surface area (Å²) in [7, 11) is -3.68. The molecule has 1 aromatic rings. The van der Waals surface area contributed by atoms with E-state index in [0.717, 1.165) is 24.8 Å². The number of allylic oxidation sites excluding steroid dienone is 1. The van der Waals surface area contributed by atoms with Crippen molar-refractivity contribution in [2.24, 2.45) is 11.8 Å². The summed E-state index contributed by atoms with van der Waals surface area (Å²) in [5.41, 5.74) is 1.00. The SMILES string of the molecule is Cc1ccc(S(=O)(=O)N2CCC[C@@H]2C(=O)O[C@@H]2CC[C@H]3CC=C[C@@H]32)cc1. The van der Waals surface area contributed by atoms with E-state index in [4.69, 9.17) is 4.74 Å². The average Bonchev–Trinajstić information content (AvgIpc) is 3.33. The number of benzene rings is 1. The normalized spacial score (nSPS) is 31.3. The third-order valence-corrected chi connectivity index (χ3v) is 7.89. The van der Waals surface area contributed by atoms with Crippen molar-refractivity contribution in [2.75, 3.05) is 6.54 Å². The molecule has 0 unspecified atom stereocenters. The molecular formula is C20H25NO4S. The number of esters is 1. The highest BCUT2D eigenvalue weighted by atomic mass is 32.2. The third kappa shape index (κ3) is 3.09. The van der Waals surface area contributed by atoms with E-state index in [-0.39, 0.29) is 17.0 Å². The smallest absolute Gasteiger partial charge is 0.324 e. The standard InChI is InChI=1S/C20H25NO4S/c1-14-7-10-16(11-8-14)26(23,24)21-13-3-6-18(21)20(22)25-19-12-9-15-4-2-5-17(15)19/h2,5,7-8,10-11,15,17-19H,3-4,6,9,12-13H2,1H3/t15-,17+,18-,19-/m1/s1. The fourth-order valence-electron chi connectivity index (χ4n) is 4.51. The van der Waals surface area contributed by atoms with E-state index in [1.807, 2.05) is 6.92 Å². The van der Waals surface area contributed by atoms with Gasteiger partial charge in [0.15, 0.2) is 0 Å². The van der Waals surface area contributed by atoms with Crippen molar-refractivity contribution in [3.63, 3.8) is 0 Å². The Morgan fingerprint density at radius 1 is 1.15 bits per heavy atom. The Kier molecular flexibility index (Phi) is 4.65. The van der Waals surface area contributed by atoms with Crippen LogP contribution in [0.25, 0.3) is 0 Å². The number of aryl methyl sites for hydroxylation is 1. The summed E-state index contributed by atoms with van der Waals surface area (Å²) >= 11 is 0. The van der Waals surface area contributed by atoms with Crippen LogP contribution in [0.5, 0.6) is 0 Å². The molecule has 0 aromatic heterocycles. The summed E-state index contributed by atoms with van der Waals surface area (Å²) < 4.78 is 33.1. The Morgan fingerprint density at radius 3 is 2.69 bits per heavy atom. The van der Waals surface area contributed by atoms with Crippen molar-refractivity contribution in [3.05, 3.63) is 42.0 Å². The van der Waals surface area contributed by atoms with Crippen molar-refractivity contribution in [1.82, 2.24) is 4.31 Å². The fraction of sp³-hybridized carbons (Fsp3) is 0.550. The van der Waals surface area contributed by atoms with E-state index < -0.39 is 16.1 Å². The van der Waals surface area contributed by atoms with E-state index in [1.54, 1.807) is 24.3 Å². The van der Waals surface area contributed by atoms with Crippen molar-refractivity contribution in [3.8, 4) is 0 Å². The van der Waals surface area contributed by atoms with E-state index in [1.165, 1.54) is 4.31 Å². The van der Waals surface area contributed by atoms with Crippen LogP contribution in [0, 0.1) is 18.8 Å². The predicted molar refractivity (Wildman–Crippen MR) is 97.9 cm³/mol. The molecule has 2 fully saturated rings. The van der Waals surface area contributed by atoms with E-state index in [9.17, 15) is 13.2 Å². The van der Waals surface area contributed by atoms with E-state index in [2.05, 4.69) is 12.2 Å². The second kappa shape index (κ2) is 6.82. The van der Waals surface area contributed by atoms with Crippen molar-refractivity contribution in [2.45, 2.75) is 56.1 Å². The Hall–Kier alpha value is -1.66. The van der Waals surface area contributed by atoms with E-state index >= 15 is 0 Å². The molecule has 1 saturated carbocycles. The number of rotatable bonds is 4. The first kappa shape index (κ1) is 17.7. The lowest BCUT2D eigenvalue weighted by Crippen LogP contribution is -2.42. The number of sulfonamides is 1. The number of hydrogen-bond donors (Lipinski definition) is 0. The third-order valence-electron chi connectivity index (χ3n) is 5.96. The van der Waals surface area contributed by atoms with Crippen molar-refractivity contribution < 1.29 is 17.9 Å². The summed E-state index contributed by atoms with van der Waals surface area (Å²) in [6.45, 7) is 2.28. The summed E-state index contributed by atoms with van der Waals surface area (Å²) in [6, 6.07) is 6.07. The van der Waals surface area contributed by atoms with Gasteiger partial charge in [-0.1, -0.05) is 29.8 Å². The van der Waals surface area contributed by atoms with Crippen LogP contribution in [0.1, 0.15) is 37.7 Å². The average molecular weight is 375 g/mol. The van der Waals surface area contributed by atoms with Gasteiger partial charge >= 0.3 is 5.97 Å². The molecule has 1 aromatic carbocycles. The monoisotopic (exact) mass is 375 g/mol. The van der Waals surface area contributed by atoms with Gasteiger partial charge in [0.05, 0.1) is 4.90 Å². The number of ether oxygens (including phenoxy) is 1. The Labute approximate surface area is 155 Å². The fourth-order valence-corrected chi connectivity index (χ4v) is 6.15. The first-order valence-electron chi connectivity index (χ1n) is 9.42. The van der Waals surface area contributed by atoms with Crippen LogP contribution in [0.15, 0.2) is 41.3 Å². The maximum Gasteiger partial charge on any atom is 0.324 e. The minimum absolute atomic E-state index is 0.101. The highest BCUT2D eigenvalue weighted by molar-refractivity contribution is 7.89. The van der Waals surface area contributed by atoms with Gasteiger partial charge in [-0.25, -0.2) is 8.42 Å². The maximum atomic E-state index is 13.0. The summed E-state index contributed by atoms with van der Waals surface area (Å²) in [4.78, 5) is 13.0. The Morgan fingerprint density at radius 2 is 1.92 bits per heavy atom. The quantitative estimate of drug-likeness (QED) is 0.599. The van der Waals surface area contributed by atoms with Gasteiger partial charge in [0, 0.05) is 12.5 Å². The lowest BCUT2D eigenvalue weighted by Gasteiger charge is -2.25. The van der Waals surface area contributed by atoms with Crippen molar-refractivity contribution >= 4 is 16.0 Å². The van der Waals surface area contributed by atoms with Gasteiger partial charge in [-0.05, 0) is 57.1 Å². The molecule has 4 atom stereocenters. The molecule has 0 spiro atoms. The van der Waals surface area contributed by atoms with E-state index in [0.29, 0.717) is 31.2 Å². The molecule has 2 aliphatic carbocycles. The molecule has 3 aliphatic rings. The van der Waals surface area contributed by atoms with Crippen LogP contribution in [-0.2, 0) is 19.6 Å². The van der Waals surface area contributed by atoms with Gasteiger partial charge in [0.25, 0.3) is 0 Å². The van der Waals surface area contributed by atoms with Gasteiger partial charge in [-0.2, -0.15) is 4.31 Å². The molecule has 0 radical (unpaired) electrons. The molecule has 140 valence electrons. The lowest BCUT2D eigenvalue weighted by atomic mass is 9.99. The van der Waals surface area contributed by atoms with Crippen LogP contribution in [0.3, 0.4) is 0 Å². The van der Waals surface area contributed by atoms with Gasteiger partial charge in [0.1, 0.15) is 12.1 Å². The predicted octanol–water partition coefficient (Wildman–Crippen LogP) is 3.05. The molecule has 0 N–H and O–H groups in total. The molecule has 1 saturated heterocycles. The van der Waals surface area contributed by atoms with Crippen LogP contribution < -0.4 is 0 Å². The zero-order chi connectivity index (χ0) is 18.3. The molecule has 0 bridgehead atoms. The molecule has 4 rings (SSSR count). The Balaban J connectivity index is 1.50. The highest BCUT2D eigenvalue weighted by Gasteiger charge is 2.44. The number of nitrogens with zero attached hydrogens (tertiary/aromatic N) is 1.